The average molecular weight is 272 g/mol. The van der Waals surface area contributed by atoms with Crippen LogP contribution in [-0.2, 0) is 14.3 Å². The summed E-state index contributed by atoms with van der Waals surface area (Å²) in [5.41, 5.74) is -0.933. The van der Waals surface area contributed by atoms with E-state index in [4.69, 9.17) is 0 Å². The minimum absolute atomic E-state index is 0.00768. The molecule has 0 fully saturated rings. The van der Waals surface area contributed by atoms with Crippen LogP contribution < -0.4 is 0 Å². The van der Waals surface area contributed by atoms with Gasteiger partial charge in [-0.15, -0.1) is 0 Å². The summed E-state index contributed by atoms with van der Waals surface area (Å²) in [7, 11) is 1.31. The molecule has 0 aliphatic carbocycles. The molecule has 4 nitrogen and oxygen atoms in total. The number of unbranched alkanes of at least 4 members (excludes halogenated alkanes) is 4. The lowest BCUT2D eigenvalue weighted by atomic mass is 9.75. The van der Waals surface area contributed by atoms with Gasteiger partial charge in [0.1, 0.15) is 0 Å². The predicted molar refractivity (Wildman–Crippen MR) is 75.0 cm³/mol. The molecule has 0 aromatic carbocycles. The second-order valence-corrected chi connectivity index (χ2v) is 5.25. The van der Waals surface area contributed by atoms with Gasteiger partial charge >= 0.3 is 11.9 Å². The largest absolute Gasteiger partial charge is 0.481 e. The Labute approximate surface area is 116 Å². The van der Waals surface area contributed by atoms with Gasteiger partial charge in [-0.1, -0.05) is 52.4 Å². The molecule has 0 amide bonds. The first-order valence-corrected chi connectivity index (χ1v) is 7.32. The van der Waals surface area contributed by atoms with Crippen molar-refractivity contribution < 1.29 is 19.4 Å². The number of carboxylic acid groups (broad SMARTS) is 1. The van der Waals surface area contributed by atoms with Crippen LogP contribution >= 0.6 is 0 Å². The molecule has 0 heterocycles. The number of hydrogen-bond donors (Lipinski definition) is 1. The maximum Gasteiger partial charge on any atom is 0.310 e. The lowest BCUT2D eigenvalue weighted by Gasteiger charge is -2.28. The molecule has 0 rings (SSSR count). The topological polar surface area (TPSA) is 63.6 Å². The van der Waals surface area contributed by atoms with Crippen LogP contribution in [0.3, 0.4) is 0 Å². The second kappa shape index (κ2) is 9.82. The van der Waals surface area contributed by atoms with Gasteiger partial charge in [-0.05, 0) is 12.8 Å². The number of aliphatic carboxylic acids is 1. The zero-order valence-corrected chi connectivity index (χ0v) is 12.5. The van der Waals surface area contributed by atoms with Crippen molar-refractivity contribution in [3.63, 3.8) is 0 Å². The Hall–Kier alpha value is -1.06. The quantitative estimate of drug-likeness (QED) is 0.459. The van der Waals surface area contributed by atoms with Crippen LogP contribution in [-0.4, -0.2) is 24.2 Å². The van der Waals surface area contributed by atoms with Crippen molar-refractivity contribution in [3.8, 4) is 0 Å². The van der Waals surface area contributed by atoms with Crippen LogP contribution in [0.15, 0.2) is 0 Å². The fraction of sp³-hybridized carbons (Fsp3) is 0.867. The third-order valence-corrected chi connectivity index (χ3v) is 3.68. The summed E-state index contributed by atoms with van der Waals surface area (Å²) in [6.07, 6.45) is 6.92. The van der Waals surface area contributed by atoms with Crippen LogP contribution in [0.5, 0.6) is 0 Å². The number of methoxy groups -OCH3 is 1. The van der Waals surface area contributed by atoms with Crippen molar-refractivity contribution in [2.75, 3.05) is 7.11 Å². The zero-order valence-electron chi connectivity index (χ0n) is 12.5. The molecule has 0 saturated heterocycles. The molecule has 0 aliphatic heterocycles. The number of rotatable bonds is 11. The van der Waals surface area contributed by atoms with Gasteiger partial charge in [-0.25, -0.2) is 0 Å². The number of carbonyl (C=O) groups is 2. The van der Waals surface area contributed by atoms with Gasteiger partial charge in [0.2, 0.25) is 0 Å². The van der Waals surface area contributed by atoms with Crippen molar-refractivity contribution in [1.82, 2.24) is 0 Å². The number of ether oxygens (including phenoxy) is 1. The average Bonchev–Trinajstić information content (AvgIpc) is 2.38. The number of esters is 1. The summed E-state index contributed by atoms with van der Waals surface area (Å²) in [4.78, 5) is 23.2. The Kier molecular flexibility index (Phi) is 9.27. The molecule has 0 spiro atoms. The molecule has 0 aliphatic rings. The van der Waals surface area contributed by atoms with E-state index in [1.54, 1.807) is 0 Å². The van der Waals surface area contributed by atoms with Crippen molar-refractivity contribution in [2.45, 2.75) is 71.6 Å². The van der Waals surface area contributed by atoms with Gasteiger partial charge in [0, 0.05) is 0 Å². The molecule has 19 heavy (non-hydrogen) atoms. The maximum absolute atomic E-state index is 11.7. The van der Waals surface area contributed by atoms with Crippen molar-refractivity contribution in [3.05, 3.63) is 0 Å². The lowest BCUT2D eigenvalue weighted by molar-refractivity contribution is -0.158. The summed E-state index contributed by atoms with van der Waals surface area (Å²) in [6.45, 7) is 4.17. The van der Waals surface area contributed by atoms with Crippen LogP contribution in [0.25, 0.3) is 0 Å². The van der Waals surface area contributed by atoms with E-state index >= 15 is 0 Å². The third-order valence-electron chi connectivity index (χ3n) is 3.68. The molecule has 0 unspecified atom stereocenters. The number of carboxylic acids is 1. The van der Waals surface area contributed by atoms with E-state index in [2.05, 4.69) is 18.6 Å². The van der Waals surface area contributed by atoms with Crippen LogP contribution in [0.4, 0.5) is 0 Å². The Morgan fingerprint density at radius 1 is 1.00 bits per heavy atom. The molecule has 0 radical (unpaired) electrons. The Morgan fingerprint density at radius 3 is 1.79 bits per heavy atom. The standard InChI is InChI=1S/C15H28O4/c1-4-6-8-10-15(14(17)18,11-9-7-5-2)12-13(16)19-3/h4-12H2,1-3H3,(H,17,18). The normalized spacial score (nSPS) is 11.3. The van der Waals surface area contributed by atoms with E-state index < -0.39 is 17.4 Å². The van der Waals surface area contributed by atoms with Crippen molar-refractivity contribution in [1.29, 1.82) is 0 Å². The van der Waals surface area contributed by atoms with Crippen molar-refractivity contribution in [2.24, 2.45) is 5.41 Å². The minimum Gasteiger partial charge on any atom is -0.481 e. The molecule has 0 aromatic rings. The first-order valence-electron chi connectivity index (χ1n) is 7.32. The van der Waals surface area contributed by atoms with Gasteiger partial charge < -0.3 is 9.84 Å². The number of hydrogen-bond acceptors (Lipinski definition) is 3. The molecule has 0 bridgehead atoms. The third kappa shape index (κ3) is 6.60. The van der Waals surface area contributed by atoms with Crippen LogP contribution in [0, 0.1) is 5.41 Å². The fourth-order valence-corrected chi connectivity index (χ4v) is 2.37. The monoisotopic (exact) mass is 272 g/mol. The van der Waals surface area contributed by atoms with Gasteiger partial charge in [-0.2, -0.15) is 0 Å². The predicted octanol–water partition coefficient (Wildman–Crippen LogP) is 3.78. The SMILES string of the molecule is CCCCCC(CCCCC)(CC(=O)OC)C(=O)O. The van der Waals surface area contributed by atoms with Gasteiger partial charge in [-0.3, -0.25) is 9.59 Å². The Morgan fingerprint density at radius 2 is 1.47 bits per heavy atom. The van der Waals surface area contributed by atoms with Gasteiger partial charge in [0.25, 0.3) is 0 Å². The van der Waals surface area contributed by atoms with E-state index in [9.17, 15) is 14.7 Å². The van der Waals surface area contributed by atoms with Crippen LogP contribution in [0.1, 0.15) is 71.6 Å². The van der Waals surface area contributed by atoms with Crippen molar-refractivity contribution >= 4 is 11.9 Å². The summed E-state index contributed by atoms with van der Waals surface area (Å²) < 4.78 is 4.67. The highest BCUT2D eigenvalue weighted by Crippen LogP contribution is 2.36. The van der Waals surface area contributed by atoms with E-state index in [0.29, 0.717) is 12.8 Å². The molecular formula is C15H28O4. The first kappa shape index (κ1) is 17.9. The summed E-state index contributed by atoms with van der Waals surface area (Å²) >= 11 is 0. The first-order chi connectivity index (χ1) is 9.02. The highest BCUT2D eigenvalue weighted by atomic mass is 16.5. The zero-order chi connectivity index (χ0) is 14.7. The highest BCUT2D eigenvalue weighted by Gasteiger charge is 2.39. The smallest absolute Gasteiger partial charge is 0.310 e. The molecule has 4 heteroatoms. The molecule has 112 valence electrons. The fourth-order valence-electron chi connectivity index (χ4n) is 2.37. The summed E-state index contributed by atoms with van der Waals surface area (Å²) in [6, 6.07) is 0. The van der Waals surface area contributed by atoms with E-state index in [1.807, 2.05) is 0 Å². The van der Waals surface area contributed by atoms with E-state index in [-0.39, 0.29) is 6.42 Å². The molecule has 0 atom stereocenters. The Bertz CT molecular complexity index is 263. The lowest BCUT2D eigenvalue weighted by Crippen LogP contribution is -2.34. The Balaban J connectivity index is 4.77. The molecule has 1 N–H and O–H groups in total. The summed E-state index contributed by atoms with van der Waals surface area (Å²) in [5.74, 6) is -1.28. The van der Waals surface area contributed by atoms with E-state index in [0.717, 1.165) is 38.5 Å². The van der Waals surface area contributed by atoms with Gasteiger partial charge in [0.15, 0.2) is 0 Å². The summed E-state index contributed by atoms with van der Waals surface area (Å²) in [5, 5.41) is 9.56. The number of carbonyl (C=O) groups excluding carboxylic acids is 1. The van der Waals surface area contributed by atoms with Gasteiger partial charge in [0.05, 0.1) is 18.9 Å². The minimum atomic E-state index is -0.933. The second-order valence-electron chi connectivity index (χ2n) is 5.25. The molecule has 0 saturated carbocycles. The van der Waals surface area contributed by atoms with E-state index in [1.165, 1.54) is 7.11 Å². The highest BCUT2D eigenvalue weighted by molar-refractivity contribution is 5.82. The maximum atomic E-state index is 11.7. The molecule has 0 aromatic heterocycles. The molecular weight excluding hydrogens is 244 g/mol. The van der Waals surface area contributed by atoms with Crippen LogP contribution in [0.2, 0.25) is 0 Å².